The van der Waals surface area contributed by atoms with Gasteiger partial charge in [0, 0.05) is 5.92 Å². The molecule has 128 valence electrons. The molecule has 25 heavy (non-hydrogen) atoms. The minimum absolute atomic E-state index is 0.210. The molecular weight excluding hydrogens is 312 g/mol. The van der Waals surface area contributed by atoms with Crippen LogP contribution in [-0.4, -0.2) is 0 Å². The molecule has 2 aromatic rings. The Balaban J connectivity index is 2.39. The van der Waals surface area contributed by atoms with Crippen LogP contribution >= 0.6 is 0 Å². The van der Waals surface area contributed by atoms with Crippen molar-refractivity contribution >= 4 is 0 Å². The predicted molar refractivity (Wildman–Crippen MR) is 95.8 cm³/mol. The van der Waals surface area contributed by atoms with Crippen molar-refractivity contribution in [3.8, 4) is 24.0 Å². The molecule has 2 aromatic carbocycles. The molecule has 2 atom stereocenters. The first kappa shape index (κ1) is 18.4. The molecular formula is C21H22N2O2. The summed E-state index contributed by atoms with van der Waals surface area (Å²) in [6.07, 6.45) is 4.48. The van der Waals surface area contributed by atoms with E-state index in [0.717, 1.165) is 6.42 Å². The van der Waals surface area contributed by atoms with Crippen LogP contribution in [0, 0.1) is 34.9 Å². The van der Waals surface area contributed by atoms with Gasteiger partial charge >= 0.3 is 0 Å². The van der Waals surface area contributed by atoms with Crippen LogP contribution in [-0.2, 0) is 0 Å². The summed E-state index contributed by atoms with van der Waals surface area (Å²) < 4.78 is 9.75. The van der Waals surface area contributed by atoms with Gasteiger partial charge in [0.25, 0.3) is 12.5 Å². The molecule has 0 fully saturated rings. The lowest BCUT2D eigenvalue weighted by Gasteiger charge is -2.29. The van der Waals surface area contributed by atoms with Crippen LogP contribution in [0.25, 0.3) is 0 Å². The maximum absolute atomic E-state index is 8.63. The molecule has 0 bridgehead atoms. The fraction of sp³-hybridized carbons (Fsp3) is 0.333. The van der Waals surface area contributed by atoms with Crippen LogP contribution in [0.1, 0.15) is 44.2 Å². The van der Waals surface area contributed by atoms with Crippen molar-refractivity contribution in [1.82, 2.24) is 0 Å². The molecule has 2 unspecified atom stereocenters. The number of rotatable bonds is 7. The summed E-state index contributed by atoms with van der Waals surface area (Å²) in [5.74, 6) is 2.27. The highest BCUT2D eigenvalue weighted by Gasteiger charge is 2.25. The van der Waals surface area contributed by atoms with E-state index in [0.29, 0.717) is 23.3 Å². The fourth-order valence-electron chi connectivity index (χ4n) is 3.09. The molecule has 0 amide bonds. The van der Waals surface area contributed by atoms with Crippen molar-refractivity contribution in [2.45, 2.75) is 33.1 Å². The van der Waals surface area contributed by atoms with Crippen molar-refractivity contribution in [3.63, 3.8) is 0 Å². The van der Waals surface area contributed by atoms with E-state index in [1.807, 2.05) is 48.5 Å². The number of nitriles is 2. The number of benzene rings is 2. The summed E-state index contributed by atoms with van der Waals surface area (Å²) in [7, 11) is 0. The van der Waals surface area contributed by atoms with E-state index in [4.69, 9.17) is 20.0 Å². The van der Waals surface area contributed by atoms with Crippen LogP contribution < -0.4 is 9.47 Å². The van der Waals surface area contributed by atoms with Crippen LogP contribution in [0.3, 0.4) is 0 Å². The maximum Gasteiger partial charge on any atom is 0.292 e. The van der Waals surface area contributed by atoms with Crippen molar-refractivity contribution in [2.75, 3.05) is 0 Å². The molecule has 2 rings (SSSR count). The Labute approximate surface area is 149 Å². The average Bonchev–Trinajstić information content (AvgIpc) is 2.64. The summed E-state index contributed by atoms with van der Waals surface area (Å²) >= 11 is 0. The Morgan fingerprint density at radius 1 is 0.800 bits per heavy atom. The zero-order valence-electron chi connectivity index (χ0n) is 14.8. The molecule has 0 aliphatic rings. The third-order valence-corrected chi connectivity index (χ3v) is 4.87. The molecule has 0 saturated carbocycles. The van der Waals surface area contributed by atoms with E-state index in [1.165, 1.54) is 11.1 Å². The van der Waals surface area contributed by atoms with Gasteiger partial charge in [-0.15, -0.1) is 10.5 Å². The van der Waals surface area contributed by atoms with Gasteiger partial charge in [0.1, 0.15) is 11.5 Å². The second-order valence-corrected chi connectivity index (χ2v) is 6.25. The Hall–Kier alpha value is -2.98. The Kier molecular flexibility index (Phi) is 6.43. The minimum atomic E-state index is 0.210. The topological polar surface area (TPSA) is 66.0 Å². The van der Waals surface area contributed by atoms with Gasteiger partial charge in [-0.05, 0) is 47.2 Å². The summed E-state index contributed by atoms with van der Waals surface area (Å²) in [4.78, 5) is 0. The summed E-state index contributed by atoms with van der Waals surface area (Å²) in [6, 6.07) is 15.3. The molecule has 0 radical (unpaired) electrons. The van der Waals surface area contributed by atoms with Gasteiger partial charge in [0.2, 0.25) is 0 Å². The first-order valence-corrected chi connectivity index (χ1v) is 8.42. The lowest BCUT2D eigenvalue weighted by Crippen LogP contribution is -2.18. The molecule has 0 aliphatic heterocycles. The van der Waals surface area contributed by atoms with E-state index in [-0.39, 0.29) is 5.92 Å². The van der Waals surface area contributed by atoms with Gasteiger partial charge < -0.3 is 9.47 Å². The van der Waals surface area contributed by atoms with Gasteiger partial charge in [-0.1, -0.05) is 51.5 Å². The third kappa shape index (κ3) is 4.52. The number of ether oxygens (including phenoxy) is 2. The fourth-order valence-corrected chi connectivity index (χ4v) is 3.09. The number of hydrogen-bond acceptors (Lipinski definition) is 4. The highest BCUT2D eigenvalue weighted by molar-refractivity contribution is 5.39. The Morgan fingerprint density at radius 3 is 1.52 bits per heavy atom. The monoisotopic (exact) mass is 334 g/mol. The summed E-state index contributed by atoms with van der Waals surface area (Å²) in [6.45, 7) is 6.72. The lowest BCUT2D eigenvalue weighted by atomic mass is 9.75. The van der Waals surface area contributed by atoms with Gasteiger partial charge in [-0.3, -0.25) is 0 Å². The smallest absolute Gasteiger partial charge is 0.292 e. The second kappa shape index (κ2) is 8.76. The molecule has 0 spiro atoms. The quantitative estimate of drug-likeness (QED) is 0.651. The zero-order valence-corrected chi connectivity index (χ0v) is 14.8. The third-order valence-electron chi connectivity index (χ3n) is 4.87. The summed E-state index contributed by atoms with van der Waals surface area (Å²) in [5.41, 5.74) is 2.35. The van der Waals surface area contributed by atoms with Crippen LogP contribution in [0.15, 0.2) is 48.5 Å². The van der Waals surface area contributed by atoms with Crippen molar-refractivity contribution < 1.29 is 9.47 Å². The number of nitrogens with zero attached hydrogens (tertiary/aromatic N) is 2. The van der Waals surface area contributed by atoms with Gasteiger partial charge in [-0.25, -0.2) is 0 Å². The molecule has 0 saturated heterocycles. The first-order valence-electron chi connectivity index (χ1n) is 8.42. The van der Waals surface area contributed by atoms with Crippen molar-refractivity contribution in [2.24, 2.45) is 11.8 Å². The van der Waals surface area contributed by atoms with E-state index in [2.05, 4.69) is 20.8 Å². The molecule has 4 nitrogen and oxygen atoms in total. The molecule has 0 aliphatic carbocycles. The molecule has 4 heteroatoms. The normalized spacial score (nSPS) is 12.7. The predicted octanol–water partition coefficient (Wildman–Crippen LogP) is 5.22. The largest absolute Gasteiger partial charge is 0.388 e. The molecule has 0 aromatic heterocycles. The Bertz CT molecular complexity index is 695. The van der Waals surface area contributed by atoms with Crippen LogP contribution in [0.5, 0.6) is 11.5 Å². The highest BCUT2D eigenvalue weighted by atomic mass is 16.5. The standard InChI is InChI=1S/C21H22N2O2/c1-4-15(2)16(3)21(17-5-9-19(10-6-17)24-13-22)18-7-11-20(12-8-18)25-14-23/h5-12,15-16,21H,4H2,1-3H3. The molecule has 0 N–H and O–H groups in total. The minimum Gasteiger partial charge on any atom is -0.388 e. The zero-order chi connectivity index (χ0) is 18.2. The lowest BCUT2D eigenvalue weighted by molar-refractivity contribution is 0.342. The van der Waals surface area contributed by atoms with E-state index < -0.39 is 0 Å². The maximum atomic E-state index is 8.63. The van der Waals surface area contributed by atoms with Crippen molar-refractivity contribution in [3.05, 3.63) is 59.7 Å². The second-order valence-electron chi connectivity index (χ2n) is 6.25. The van der Waals surface area contributed by atoms with Gasteiger partial charge in [0.05, 0.1) is 0 Å². The average molecular weight is 334 g/mol. The van der Waals surface area contributed by atoms with Crippen LogP contribution in [0.4, 0.5) is 0 Å². The SMILES string of the molecule is CCC(C)C(C)C(c1ccc(OC#N)cc1)c1ccc(OC#N)cc1. The Morgan fingerprint density at radius 2 is 1.20 bits per heavy atom. The van der Waals surface area contributed by atoms with Crippen molar-refractivity contribution in [1.29, 1.82) is 10.5 Å². The van der Waals surface area contributed by atoms with E-state index >= 15 is 0 Å². The summed E-state index contributed by atoms with van der Waals surface area (Å²) in [5, 5.41) is 17.3. The van der Waals surface area contributed by atoms with E-state index in [9.17, 15) is 0 Å². The van der Waals surface area contributed by atoms with Crippen LogP contribution in [0.2, 0.25) is 0 Å². The molecule has 0 heterocycles. The highest BCUT2D eigenvalue weighted by Crippen LogP contribution is 2.38. The number of hydrogen-bond donors (Lipinski definition) is 0. The van der Waals surface area contributed by atoms with Gasteiger partial charge in [-0.2, -0.15) is 0 Å². The van der Waals surface area contributed by atoms with Gasteiger partial charge in [0.15, 0.2) is 0 Å². The van der Waals surface area contributed by atoms with E-state index in [1.54, 1.807) is 12.5 Å². The first-order chi connectivity index (χ1) is 12.1.